The number of carbonyl (C=O) groups is 2. The van der Waals surface area contributed by atoms with E-state index in [0.29, 0.717) is 84.6 Å². The molecule has 3 rings (SSSR count). The number of hydrogen-bond acceptors (Lipinski definition) is 9. The molecule has 0 spiro atoms. The van der Waals surface area contributed by atoms with Gasteiger partial charge in [-0.3, -0.25) is 4.79 Å². The molecule has 46 heavy (non-hydrogen) atoms. The molecule has 0 heterocycles. The van der Waals surface area contributed by atoms with Crippen LogP contribution in [0.5, 0.6) is 0 Å². The van der Waals surface area contributed by atoms with Crippen LogP contribution in [0.15, 0.2) is 48.5 Å². The van der Waals surface area contributed by atoms with Crippen LogP contribution in [0.1, 0.15) is 44.2 Å². The lowest BCUT2D eigenvalue weighted by Crippen LogP contribution is -2.38. The first-order valence-electron chi connectivity index (χ1n) is 16.2. The zero-order valence-electron chi connectivity index (χ0n) is 27.7. The second-order valence-corrected chi connectivity index (χ2v) is 12.0. The summed E-state index contributed by atoms with van der Waals surface area (Å²) in [6.45, 7) is 13.0. The summed E-state index contributed by atoms with van der Waals surface area (Å²) in [5, 5.41) is 5.21. The Morgan fingerprint density at radius 2 is 1.04 bits per heavy atom. The van der Waals surface area contributed by atoms with E-state index in [1.807, 2.05) is 24.3 Å². The van der Waals surface area contributed by atoms with Gasteiger partial charge in [-0.05, 0) is 34.1 Å². The van der Waals surface area contributed by atoms with Gasteiger partial charge in [-0.25, -0.2) is 4.79 Å². The minimum absolute atomic E-state index is 0.0316. The quantitative estimate of drug-likeness (QED) is 0.162. The lowest BCUT2D eigenvalue weighted by molar-refractivity contribution is -0.120. The first-order valence-corrected chi connectivity index (χ1v) is 16.2. The van der Waals surface area contributed by atoms with Crippen LogP contribution in [-0.2, 0) is 38.0 Å². The predicted molar refractivity (Wildman–Crippen MR) is 175 cm³/mol. The van der Waals surface area contributed by atoms with Gasteiger partial charge in [-0.2, -0.15) is 0 Å². The Bertz CT molecular complexity index is 1110. The van der Waals surface area contributed by atoms with Gasteiger partial charge in [-0.15, -0.1) is 0 Å². The molecule has 0 radical (unpaired) electrons. The first-order chi connectivity index (χ1) is 22.3. The molecule has 0 aromatic heterocycles. The molecule has 0 atom stereocenters. The van der Waals surface area contributed by atoms with Gasteiger partial charge in [0, 0.05) is 19.1 Å². The molecule has 0 saturated heterocycles. The third kappa shape index (κ3) is 15.0. The van der Waals surface area contributed by atoms with Crippen LogP contribution in [0.3, 0.4) is 0 Å². The first kappa shape index (κ1) is 37.4. The smallest absolute Gasteiger partial charge is 0.407 e. The van der Waals surface area contributed by atoms with Crippen molar-refractivity contribution in [3.63, 3.8) is 0 Å². The van der Waals surface area contributed by atoms with E-state index in [0.717, 1.165) is 35.3 Å². The summed E-state index contributed by atoms with van der Waals surface area (Å²) in [5.41, 5.74) is 4.88. The number of hydrogen-bond donors (Lipinski definition) is 2. The van der Waals surface area contributed by atoms with Crippen LogP contribution >= 0.6 is 0 Å². The highest BCUT2D eigenvalue weighted by Crippen LogP contribution is 2.44. The summed E-state index contributed by atoms with van der Waals surface area (Å²) in [7, 11) is 0. The molecular weight excluding hydrogens is 592 g/mol. The molecule has 0 aliphatic heterocycles. The highest BCUT2D eigenvalue weighted by molar-refractivity contribution is 5.82. The van der Waals surface area contributed by atoms with Crippen LogP contribution in [0, 0.1) is 5.41 Å². The summed E-state index contributed by atoms with van der Waals surface area (Å²) in [4.78, 5) is 24.3. The van der Waals surface area contributed by atoms with Gasteiger partial charge in [-0.1, -0.05) is 69.3 Å². The topological polar surface area (TPSA) is 123 Å². The SMILES string of the molecule is CC(C)(C)CCOCCOCCOCCOCCOCCOCCNC(=O)CNC(=O)OCC1c2ccccc2-c2ccccc21. The molecule has 2 aromatic rings. The van der Waals surface area contributed by atoms with Crippen LogP contribution < -0.4 is 10.6 Å². The number of rotatable bonds is 24. The van der Waals surface area contributed by atoms with E-state index in [9.17, 15) is 9.59 Å². The summed E-state index contributed by atoms with van der Waals surface area (Å²) in [6.07, 6.45) is 0.405. The molecule has 11 nitrogen and oxygen atoms in total. The Balaban J connectivity index is 1.05. The van der Waals surface area contributed by atoms with Crippen molar-refractivity contribution in [1.82, 2.24) is 10.6 Å². The number of benzene rings is 2. The Hall–Kier alpha value is -3.06. The van der Waals surface area contributed by atoms with Crippen molar-refractivity contribution in [2.45, 2.75) is 33.1 Å². The monoisotopic (exact) mass is 644 g/mol. The minimum Gasteiger partial charge on any atom is -0.449 e. The number of alkyl carbamates (subject to hydrolysis) is 1. The molecule has 0 bridgehead atoms. The third-order valence-electron chi connectivity index (χ3n) is 7.16. The Morgan fingerprint density at radius 3 is 1.52 bits per heavy atom. The predicted octanol–water partition coefficient (Wildman–Crippen LogP) is 4.18. The van der Waals surface area contributed by atoms with Gasteiger partial charge < -0.3 is 43.8 Å². The van der Waals surface area contributed by atoms with Crippen LogP contribution in [-0.4, -0.2) is 111 Å². The Kier molecular flexibility index (Phi) is 17.6. The van der Waals surface area contributed by atoms with Crippen molar-refractivity contribution in [2.24, 2.45) is 5.41 Å². The standard InChI is InChI=1S/C35H52N2O9/c1-35(2,3)12-14-40-16-18-42-20-22-44-24-25-45-23-21-43-19-17-41-15-13-36-33(38)26-37-34(39)46-27-32-30-10-6-4-8-28(30)29-9-5-7-11-31(29)32/h4-11,32H,12-27H2,1-3H3,(H,36,38)(H,37,39). The van der Waals surface area contributed by atoms with Crippen molar-refractivity contribution in [1.29, 1.82) is 0 Å². The van der Waals surface area contributed by atoms with Crippen LogP contribution in [0.4, 0.5) is 4.79 Å². The van der Waals surface area contributed by atoms with E-state index in [4.69, 9.17) is 33.2 Å². The molecule has 0 saturated carbocycles. The number of amides is 2. The molecule has 1 aliphatic rings. The molecule has 2 aromatic carbocycles. The van der Waals surface area contributed by atoms with Crippen molar-refractivity contribution < 1.29 is 42.7 Å². The van der Waals surface area contributed by atoms with E-state index in [2.05, 4.69) is 55.7 Å². The fourth-order valence-corrected chi connectivity index (χ4v) is 4.71. The van der Waals surface area contributed by atoms with Gasteiger partial charge in [0.2, 0.25) is 5.91 Å². The fourth-order valence-electron chi connectivity index (χ4n) is 4.71. The van der Waals surface area contributed by atoms with Crippen LogP contribution in [0.25, 0.3) is 11.1 Å². The summed E-state index contributed by atoms with van der Waals surface area (Å²) >= 11 is 0. The molecular formula is C35H52N2O9. The van der Waals surface area contributed by atoms with Gasteiger partial charge in [0.15, 0.2) is 0 Å². The normalized spacial score (nSPS) is 12.5. The number of ether oxygens (including phenoxy) is 7. The minimum atomic E-state index is -0.629. The van der Waals surface area contributed by atoms with Crippen molar-refractivity contribution in [3.8, 4) is 11.1 Å². The van der Waals surface area contributed by atoms with Gasteiger partial charge in [0.25, 0.3) is 0 Å². The zero-order chi connectivity index (χ0) is 32.9. The van der Waals surface area contributed by atoms with Gasteiger partial charge >= 0.3 is 6.09 Å². The average molecular weight is 645 g/mol. The Morgan fingerprint density at radius 1 is 0.609 bits per heavy atom. The molecule has 0 unspecified atom stereocenters. The summed E-state index contributed by atoms with van der Waals surface area (Å²) in [5.74, 6) is -0.352. The third-order valence-corrected chi connectivity index (χ3v) is 7.16. The highest BCUT2D eigenvalue weighted by Gasteiger charge is 2.29. The van der Waals surface area contributed by atoms with Crippen LogP contribution in [0.2, 0.25) is 0 Å². The fraction of sp³-hybridized carbons (Fsp3) is 0.600. The second-order valence-electron chi connectivity index (χ2n) is 12.0. The van der Waals surface area contributed by atoms with Gasteiger partial charge in [0.1, 0.15) is 6.61 Å². The maximum absolute atomic E-state index is 12.2. The summed E-state index contributed by atoms with van der Waals surface area (Å²) < 4.78 is 38.4. The maximum Gasteiger partial charge on any atom is 0.407 e. The molecule has 11 heteroatoms. The number of carbonyl (C=O) groups excluding carboxylic acids is 2. The highest BCUT2D eigenvalue weighted by atomic mass is 16.6. The van der Waals surface area contributed by atoms with Crippen molar-refractivity contribution in [3.05, 3.63) is 59.7 Å². The van der Waals surface area contributed by atoms with E-state index < -0.39 is 6.09 Å². The largest absolute Gasteiger partial charge is 0.449 e. The Labute approximate surface area is 273 Å². The lowest BCUT2D eigenvalue weighted by Gasteiger charge is -2.17. The number of fused-ring (bicyclic) bond motifs is 3. The molecule has 2 N–H and O–H groups in total. The molecule has 256 valence electrons. The molecule has 1 aliphatic carbocycles. The van der Waals surface area contributed by atoms with E-state index >= 15 is 0 Å². The molecule has 2 amide bonds. The molecule has 0 fully saturated rings. The average Bonchev–Trinajstić information content (AvgIpc) is 3.36. The summed E-state index contributed by atoms with van der Waals surface area (Å²) in [6, 6.07) is 16.3. The van der Waals surface area contributed by atoms with E-state index in [1.165, 1.54) is 0 Å². The van der Waals surface area contributed by atoms with E-state index in [1.54, 1.807) is 0 Å². The second kappa shape index (κ2) is 21.7. The zero-order valence-corrected chi connectivity index (χ0v) is 27.7. The van der Waals surface area contributed by atoms with Gasteiger partial charge in [0.05, 0.1) is 79.2 Å². The van der Waals surface area contributed by atoms with Crippen molar-refractivity contribution in [2.75, 3.05) is 99.0 Å². The lowest BCUT2D eigenvalue weighted by atomic mass is 9.93. The maximum atomic E-state index is 12.2. The number of nitrogens with one attached hydrogen (secondary N) is 2. The van der Waals surface area contributed by atoms with Crippen molar-refractivity contribution >= 4 is 12.0 Å². The van der Waals surface area contributed by atoms with E-state index in [-0.39, 0.29) is 25.0 Å².